The van der Waals surface area contributed by atoms with Gasteiger partial charge in [-0.15, -0.1) is 0 Å². The third-order valence-electron chi connectivity index (χ3n) is 2.99. The van der Waals surface area contributed by atoms with Gasteiger partial charge in [-0.2, -0.15) is 0 Å². The van der Waals surface area contributed by atoms with Gasteiger partial charge >= 0.3 is 0 Å². The Balaban J connectivity index is 2.44. The van der Waals surface area contributed by atoms with E-state index in [-0.39, 0.29) is 5.56 Å². The zero-order valence-corrected chi connectivity index (χ0v) is 11.8. The minimum atomic E-state index is -1.19. The fraction of sp³-hybridized carbons (Fsp3) is 0. The molecule has 0 saturated heterocycles. The summed E-state index contributed by atoms with van der Waals surface area (Å²) in [5.41, 5.74) is 0.153. The number of carbonyl (C=O) groups is 1. The molecule has 3 nitrogen and oxygen atoms in total. The Hall–Kier alpha value is -1.65. The number of hydrogen-bond acceptors (Lipinski definition) is 3. The van der Waals surface area contributed by atoms with E-state index in [1.54, 1.807) is 24.4 Å². The molecule has 94 valence electrons. The van der Waals surface area contributed by atoms with E-state index in [0.29, 0.717) is 5.15 Å². The minimum Gasteiger partial charge on any atom is -0.545 e. The van der Waals surface area contributed by atoms with E-state index in [1.807, 2.05) is 6.07 Å². The first kappa shape index (κ1) is 12.4. The van der Waals surface area contributed by atoms with E-state index in [4.69, 9.17) is 11.6 Å². The number of fused-ring (bicyclic) bond motifs is 3. The molecule has 2 aromatic carbocycles. The van der Waals surface area contributed by atoms with Crippen LogP contribution in [0.25, 0.3) is 21.5 Å². The van der Waals surface area contributed by atoms with Gasteiger partial charge in [0, 0.05) is 21.4 Å². The molecule has 5 heteroatoms. The molecule has 0 amide bonds. The van der Waals surface area contributed by atoms with Gasteiger partial charge in [0.15, 0.2) is 0 Å². The topological polar surface area (TPSA) is 53.0 Å². The molecule has 19 heavy (non-hydrogen) atoms. The van der Waals surface area contributed by atoms with Crippen LogP contribution in [0.4, 0.5) is 0 Å². The first-order valence-corrected chi connectivity index (χ1v) is 6.62. The van der Waals surface area contributed by atoms with Crippen LogP contribution < -0.4 is 5.11 Å². The van der Waals surface area contributed by atoms with Gasteiger partial charge in [0.25, 0.3) is 0 Å². The molecule has 0 atom stereocenters. The van der Waals surface area contributed by atoms with Crippen molar-refractivity contribution in [2.45, 2.75) is 0 Å². The number of carboxylic acids is 1. The highest BCUT2D eigenvalue weighted by Crippen LogP contribution is 2.33. The second-order valence-corrected chi connectivity index (χ2v) is 5.38. The fourth-order valence-electron chi connectivity index (χ4n) is 2.11. The lowest BCUT2D eigenvalue weighted by Crippen LogP contribution is -2.21. The Morgan fingerprint density at radius 3 is 2.68 bits per heavy atom. The summed E-state index contributed by atoms with van der Waals surface area (Å²) in [4.78, 5) is 15.0. The summed E-state index contributed by atoms with van der Waals surface area (Å²) in [6.45, 7) is 0. The van der Waals surface area contributed by atoms with E-state index in [9.17, 15) is 9.90 Å². The number of halogens is 2. The number of nitrogens with zero attached hydrogens (tertiary/aromatic N) is 1. The minimum absolute atomic E-state index is 0.153. The van der Waals surface area contributed by atoms with E-state index >= 15 is 0 Å². The highest BCUT2D eigenvalue weighted by molar-refractivity contribution is 9.10. The molecule has 0 aliphatic rings. The number of carboxylic acid groups (broad SMARTS) is 1. The smallest absolute Gasteiger partial charge is 0.129 e. The average molecular weight is 336 g/mol. The lowest BCUT2D eigenvalue weighted by molar-refractivity contribution is -0.255. The maximum absolute atomic E-state index is 10.9. The number of benzene rings is 2. The van der Waals surface area contributed by atoms with Crippen LogP contribution in [0.5, 0.6) is 0 Å². The lowest BCUT2D eigenvalue weighted by Gasteiger charge is -2.09. The van der Waals surface area contributed by atoms with Crippen LogP contribution in [0, 0.1) is 0 Å². The van der Waals surface area contributed by atoms with Crippen molar-refractivity contribution in [3.63, 3.8) is 0 Å². The van der Waals surface area contributed by atoms with Gasteiger partial charge < -0.3 is 9.90 Å². The number of aromatic carboxylic acids is 1. The van der Waals surface area contributed by atoms with Crippen molar-refractivity contribution in [3.8, 4) is 0 Å². The summed E-state index contributed by atoms with van der Waals surface area (Å²) in [6.07, 6.45) is 1.68. The van der Waals surface area contributed by atoms with E-state index in [1.165, 1.54) is 6.07 Å². The van der Waals surface area contributed by atoms with E-state index in [2.05, 4.69) is 20.9 Å². The number of aromatic nitrogens is 1. The average Bonchev–Trinajstić information content (AvgIpc) is 2.38. The molecule has 0 N–H and O–H groups in total. The molecule has 0 spiro atoms. The highest BCUT2D eigenvalue weighted by atomic mass is 79.9. The van der Waals surface area contributed by atoms with Gasteiger partial charge in [-0.1, -0.05) is 39.7 Å². The monoisotopic (exact) mass is 334 g/mol. The Kier molecular flexibility index (Phi) is 2.92. The Labute approximate surface area is 122 Å². The number of carbonyl (C=O) groups excluding carboxylic acids is 1. The van der Waals surface area contributed by atoms with Crippen LogP contribution in [0.3, 0.4) is 0 Å². The van der Waals surface area contributed by atoms with Crippen LogP contribution in [-0.2, 0) is 0 Å². The van der Waals surface area contributed by atoms with Gasteiger partial charge in [0.05, 0.1) is 5.97 Å². The maximum atomic E-state index is 10.9. The van der Waals surface area contributed by atoms with Crippen LogP contribution >= 0.6 is 27.5 Å². The SMILES string of the molecule is O=C([O-])c1ccc2c(c1)cc(Br)c1cc(Cl)ncc12. The molecular formula is C14H6BrClNO2-. The lowest BCUT2D eigenvalue weighted by atomic mass is 10.0. The molecule has 0 radical (unpaired) electrons. The number of rotatable bonds is 1. The third-order valence-corrected chi connectivity index (χ3v) is 3.85. The van der Waals surface area contributed by atoms with Crippen molar-refractivity contribution in [1.29, 1.82) is 0 Å². The highest BCUT2D eigenvalue weighted by Gasteiger charge is 2.07. The van der Waals surface area contributed by atoms with Gasteiger partial charge in [-0.3, -0.25) is 0 Å². The first-order chi connectivity index (χ1) is 9.06. The van der Waals surface area contributed by atoms with Crippen molar-refractivity contribution in [3.05, 3.63) is 51.7 Å². The second kappa shape index (κ2) is 4.47. The van der Waals surface area contributed by atoms with Crippen molar-refractivity contribution in [2.24, 2.45) is 0 Å². The molecule has 0 bridgehead atoms. The summed E-state index contributed by atoms with van der Waals surface area (Å²) >= 11 is 9.35. The zero-order chi connectivity index (χ0) is 13.6. The van der Waals surface area contributed by atoms with E-state index < -0.39 is 5.97 Å². The summed E-state index contributed by atoms with van der Waals surface area (Å²) in [7, 11) is 0. The normalized spacial score (nSPS) is 11.1. The molecule has 1 heterocycles. The molecule has 1 aromatic heterocycles. The van der Waals surface area contributed by atoms with Gasteiger partial charge in [-0.05, 0) is 34.5 Å². The van der Waals surface area contributed by atoms with Crippen molar-refractivity contribution in [1.82, 2.24) is 4.98 Å². The van der Waals surface area contributed by atoms with Crippen LogP contribution in [-0.4, -0.2) is 11.0 Å². The van der Waals surface area contributed by atoms with Crippen LogP contribution in [0.1, 0.15) is 10.4 Å². The summed E-state index contributed by atoms with van der Waals surface area (Å²) in [5, 5.41) is 14.9. The summed E-state index contributed by atoms with van der Waals surface area (Å²) in [6, 6.07) is 8.50. The quantitative estimate of drug-likeness (QED) is 0.507. The van der Waals surface area contributed by atoms with Crippen LogP contribution in [0.15, 0.2) is 41.0 Å². The Morgan fingerprint density at radius 2 is 1.95 bits per heavy atom. The largest absolute Gasteiger partial charge is 0.545 e. The van der Waals surface area contributed by atoms with Gasteiger partial charge in [-0.25, -0.2) is 4.98 Å². The zero-order valence-electron chi connectivity index (χ0n) is 9.48. The van der Waals surface area contributed by atoms with Crippen molar-refractivity contribution >= 4 is 55.0 Å². The number of pyridine rings is 1. The first-order valence-electron chi connectivity index (χ1n) is 5.45. The van der Waals surface area contributed by atoms with Gasteiger partial charge in [0.1, 0.15) is 5.15 Å². The predicted octanol–water partition coefficient (Wildman–Crippen LogP) is 3.17. The molecule has 0 fully saturated rings. The molecular weight excluding hydrogens is 330 g/mol. The van der Waals surface area contributed by atoms with E-state index in [0.717, 1.165) is 26.0 Å². The van der Waals surface area contributed by atoms with Crippen molar-refractivity contribution in [2.75, 3.05) is 0 Å². The second-order valence-electron chi connectivity index (χ2n) is 4.13. The fourth-order valence-corrected chi connectivity index (χ4v) is 2.84. The molecule has 0 aliphatic heterocycles. The molecule has 0 aliphatic carbocycles. The predicted molar refractivity (Wildman–Crippen MR) is 76.3 cm³/mol. The summed E-state index contributed by atoms with van der Waals surface area (Å²) < 4.78 is 0.842. The molecule has 0 saturated carbocycles. The maximum Gasteiger partial charge on any atom is 0.129 e. The number of hydrogen-bond donors (Lipinski definition) is 0. The molecule has 3 rings (SSSR count). The Bertz CT molecular complexity index is 832. The van der Waals surface area contributed by atoms with Crippen molar-refractivity contribution < 1.29 is 9.90 Å². The van der Waals surface area contributed by atoms with Gasteiger partial charge in [0.2, 0.25) is 0 Å². The standard InChI is InChI=1S/C14H7BrClNO2/c15-12-4-8-3-7(14(18)19)1-2-9(8)11-6-17-13(16)5-10(11)12/h1-6H,(H,18,19)/p-1. The summed E-state index contributed by atoms with van der Waals surface area (Å²) in [5.74, 6) is -1.19. The molecule has 3 aromatic rings. The Morgan fingerprint density at radius 1 is 1.16 bits per heavy atom. The molecule has 0 unspecified atom stereocenters. The van der Waals surface area contributed by atoms with Crippen LogP contribution in [0.2, 0.25) is 5.15 Å². The third kappa shape index (κ3) is 2.07.